The van der Waals surface area contributed by atoms with Crippen LogP contribution < -0.4 is 0 Å². The molecule has 1 aromatic rings. The minimum Gasteiger partial charge on any atom is -0.142 e. The van der Waals surface area contributed by atoms with Gasteiger partial charge in [0, 0.05) is 11.0 Å². The zero-order valence-corrected chi connectivity index (χ0v) is 8.70. The molecule has 0 aliphatic carbocycles. The Kier molecular flexibility index (Phi) is 2.66. The van der Waals surface area contributed by atoms with Crippen LogP contribution in [0.5, 0.6) is 0 Å². The standard InChI is InChI=1S/C10H12S2/c1-8-7-11-10(12-8)9-5-3-2-4-6-9/h2-6,8,10H,7H2,1H3. The maximum Gasteiger partial charge on any atom is 0.0754 e. The Balaban J connectivity index is 2.11. The zero-order valence-electron chi connectivity index (χ0n) is 7.07. The van der Waals surface area contributed by atoms with E-state index in [9.17, 15) is 0 Å². The number of benzene rings is 1. The Labute approximate surface area is 82.1 Å². The zero-order chi connectivity index (χ0) is 8.39. The van der Waals surface area contributed by atoms with Crippen LogP contribution in [0.25, 0.3) is 0 Å². The van der Waals surface area contributed by atoms with Crippen LogP contribution in [-0.4, -0.2) is 11.0 Å². The largest absolute Gasteiger partial charge is 0.142 e. The Hall–Kier alpha value is -0.0800. The molecule has 1 aromatic carbocycles. The van der Waals surface area contributed by atoms with E-state index in [0.29, 0.717) is 4.58 Å². The van der Waals surface area contributed by atoms with Crippen LogP contribution in [0.1, 0.15) is 17.1 Å². The molecule has 0 amide bonds. The van der Waals surface area contributed by atoms with Crippen molar-refractivity contribution < 1.29 is 0 Å². The summed E-state index contributed by atoms with van der Waals surface area (Å²) in [6.07, 6.45) is 0. The molecule has 0 spiro atoms. The SMILES string of the molecule is CC1CSC(c2ccccc2)S1. The summed E-state index contributed by atoms with van der Waals surface area (Å²) < 4.78 is 0.682. The highest BCUT2D eigenvalue weighted by Crippen LogP contribution is 2.48. The average Bonchev–Trinajstić information content (AvgIpc) is 2.54. The highest BCUT2D eigenvalue weighted by Gasteiger charge is 2.23. The molecule has 2 rings (SSSR count). The molecule has 0 saturated carbocycles. The Bertz CT molecular complexity index is 245. The third-order valence-electron chi connectivity index (χ3n) is 1.91. The first-order valence-electron chi connectivity index (χ1n) is 4.18. The molecule has 2 heteroatoms. The second-order valence-corrected chi connectivity index (χ2v) is 6.01. The molecule has 1 aliphatic heterocycles. The van der Waals surface area contributed by atoms with E-state index in [0.717, 1.165) is 5.25 Å². The maximum absolute atomic E-state index is 2.31. The van der Waals surface area contributed by atoms with E-state index in [4.69, 9.17) is 0 Å². The fraction of sp³-hybridized carbons (Fsp3) is 0.400. The topological polar surface area (TPSA) is 0 Å². The monoisotopic (exact) mass is 196 g/mol. The molecule has 0 radical (unpaired) electrons. The molecule has 12 heavy (non-hydrogen) atoms. The third-order valence-corrected chi connectivity index (χ3v) is 5.28. The molecule has 0 bridgehead atoms. The van der Waals surface area contributed by atoms with Crippen LogP contribution in [0.2, 0.25) is 0 Å². The highest BCUT2D eigenvalue weighted by molar-refractivity contribution is 8.19. The van der Waals surface area contributed by atoms with Crippen molar-refractivity contribution in [1.82, 2.24) is 0 Å². The molecule has 0 aromatic heterocycles. The van der Waals surface area contributed by atoms with Crippen molar-refractivity contribution in [1.29, 1.82) is 0 Å². The predicted molar refractivity (Wildman–Crippen MR) is 58.7 cm³/mol. The van der Waals surface area contributed by atoms with E-state index in [-0.39, 0.29) is 0 Å². The van der Waals surface area contributed by atoms with Crippen molar-refractivity contribution >= 4 is 23.5 Å². The van der Waals surface area contributed by atoms with Crippen molar-refractivity contribution in [2.45, 2.75) is 16.8 Å². The molecule has 2 unspecified atom stereocenters. The van der Waals surface area contributed by atoms with Crippen LogP contribution in [0, 0.1) is 0 Å². The molecule has 2 atom stereocenters. The van der Waals surface area contributed by atoms with Crippen LogP contribution in [-0.2, 0) is 0 Å². The summed E-state index contributed by atoms with van der Waals surface area (Å²) in [6, 6.07) is 10.8. The van der Waals surface area contributed by atoms with E-state index < -0.39 is 0 Å². The molecule has 1 heterocycles. The van der Waals surface area contributed by atoms with Crippen molar-refractivity contribution in [3.05, 3.63) is 35.9 Å². The molecule has 1 aliphatic rings. The smallest absolute Gasteiger partial charge is 0.0754 e. The van der Waals surface area contributed by atoms with Gasteiger partial charge in [-0.3, -0.25) is 0 Å². The Morgan fingerprint density at radius 3 is 2.58 bits per heavy atom. The van der Waals surface area contributed by atoms with E-state index in [2.05, 4.69) is 60.8 Å². The first-order chi connectivity index (χ1) is 5.86. The van der Waals surface area contributed by atoms with Crippen LogP contribution in [0.3, 0.4) is 0 Å². The summed E-state index contributed by atoms with van der Waals surface area (Å²) in [6.45, 7) is 2.31. The van der Waals surface area contributed by atoms with Gasteiger partial charge in [-0.25, -0.2) is 0 Å². The highest BCUT2D eigenvalue weighted by atomic mass is 32.2. The van der Waals surface area contributed by atoms with Crippen molar-refractivity contribution in [2.75, 3.05) is 5.75 Å². The van der Waals surface area contributed by atoms with E-state index >= 15 is 0 Å². The summed E-state index contributed by atoms with van der Waals surface area (Å²) in [5, 5.41) is 0.820. The van der Waals surface area contributed by atoms with Crippen LogP contribution >= 0.6 is 23.5 Å². The van der Waals surface area contributed by atoms with Gasteiger partial charge in [0.05, 0.1) is 4.58 Å². The van der Waals surface area contributed by atoms with Gasteiger partial charge in [0.2, 0.25) is 0 Å². The molecule has 0 nitrogen and oxygen atoms in total. The lowest BCUT2D eigenvalue weighted by atomic mass is 10.2. The lowest BCUT2D eigenvalue weighted by Crippen LogP contribution is -1.89. The summed E-state index contributed by atoms with van der Waals surface area (Å²) in [7, 11) is 0. The van der Waals surface area contributed by atoms with Gasteiger partial charge in [-0.05, 0) is 5.56 Å². The van der Waals surface area contributed by atoms with Crippen LogP contribution in [0.4, 0.5) is 0 Å². The number of hydrogen-bond acceptors (Lipinski definition) is 2. The minimum absolute atomic E-state index is 0.682. The van der Waals surface area contributed by atoms with Gasteiger partial charge in [0.15, 0.2) is 0 Å². The average molecular weight is 196 g/mol. The van der Waals surface area contributed by atoms with Gasteiger partial charge in [0.1, 0.15) is 0 Å². The van der Waals surface area contributed by atoms with Crippen molar-refractivity contribution in [2.24, 2.45) is 0 Å². The van der Waals surface area contributed by atoms with Gasteiger partial charge in [0.25, 0.3) is 0 Å². The summed E-state index contributed by atoms with van der Waals surface area (Å²) in [5.41, 5.74) is 1.47. The number of rotatable bonds is 1. The van der Waals surface area contributed by atoms with Gasteiger partial charge in [-0.2, -0.15) is 0 Å². The van der Waals surface area contributed by atoms with Gasteiger partial charge >= 0.3 is 0 Å². The summed E-state index contributed by atoms with van der Waals surface area (Å²) >= 11 is 4.15. The third kappa shape index (κ3) is 1.80. The Morgan fingerprint density at radius 2 is 2.00 bits per heavy atom. The Morgan fingerprint density at radius 1 is 1.25 bits per heavy atom. The minimum atomic E-state index is 0.682. The molecule has 64 valence electrons. The van der Waals surface area contributed by atoms with Crippen LogP contribution in [0.15, 0.2) is 30.3 Å². The second kappa shape index (κ2) is 3.75. The second-order valence-electron chi connectivity index (χ2n) is 3.02. The molecule has 1 fully saturated rings. The van der Waals surface area contributed by atoms with E-state index in [1.54, 1.807) is 0 Å². The first kappa shape index (κ1) is 8.52. The normalized spacial score (nSPS) is 29.1. The lowest BCUT2D eigenvalue weighted by Gasteiger charge is -2.07. The fourth-order valence-corrected chi connectivity index (χ4v) is 4.50. The first-order valence-corrected chi connectivity index (χ1v) is 6.17. The maximum atomic E-state index is 2.31. The number of hydrogen-bond donors (Lipinski definition) is 0. The summed E-state index contributed by atoms with van der Waals surface area (Å²) in [5.74, 6) is 1.30. The van der Waals surface area contributed by atoms with E-state index in [1.807, 2.05) is 0 Å². The molecule has 1 saturated heterocycles. The quantitative estimate of drug-likeness (QED) is 0.673. The molecular formula is C10H12S2. The fourth-order valence-electron chi connectivity index (χ4n) is 1.30. The van der Waals surface area contributed by atoms with E-state index in [1.165, 1.54) is 11.3 Å². The van der Waals surface area contributed by atoms with Crippen molar-refractivity contribution in [3.63, 3.8) is 0 Å². The molecule has 0 N–H and O–H groups in total. The summed E-state index contributed by atoms with van der Waals surface area (Å²) in [4.78, 5) is 0. The van der Waals surface area contributed by atoms with Crippen molar-refractivity contribution in [3.8, 4) is 0 Å². The predicted octanol–water partition coefficient (Wildman–Crippen LogP) is 3.55. The molecular weight excluding hydrogens is 184 g/mol. The van der Waals surface area contributed by atoms with Gasteiger partial charge in [-0.1, -0.05) is 37.3 Å². The van der Waals surface area contributed by atoms with Gasteiger partial charge in [-0.15, -0.1) is 23.5 Å². The van der Waals surface area contributed by atoms with Gasteiger partial charge < -0.3 is 0 Å². The number of thioether (sulfide) groups is 2. The lowest BCUT2D eigenvalue weighted by molar-refractivity contribution is 1.15.